The Bertz CT molecular complexity index is 427. The summed E-state index contributed by atoms with van der Waals surface area (Å²) in [6.07, 6.45) is 0. The molecular formula is C13H17NO4. The Morgan fingerprint density at radius 2 is 1.83 bits per heavy atom. The molecule has 5 nitrogen and oxygen atoms in total. The number of amides is 1. The van der Waals surface area contributed by atoms with E-state index in [1.807, 2.05) is 0 Å². The highest BCUT2D eigenvalue weighted by molar-refractivity contribution is 5.83. The molecule has 2 N–H and O–H groups in total. The fourth-order valence-electron chi connectivity index (χ4n) is 1.72. The van der Waals surface area contributed by atoms with E-state index in [0.29, 0.717) is 5.75 Å². The third-order valence-electron chi connectivity index (χ3n) is 2.77. The second-order valence-electron chi connectivity index (χ2n) is 4.08. The Kier molecular flexibility index (Phi) is 4.71. The zero-order chi connectivity index (χ0) is 13.7. The second-order valence-corrected chi connectivity index (χ2v) is 4.08. The lowest BCUT2D eigenvalue weighted by molar-refractivity contribution is -0.142. The number of hydrogen-bond acceptors (Lipinski definition) is 3. The van der Waals surface area contributed by atoms with Gasteiger partial charge in [-0.2, -0.15) is 0 Å². The fraction of sp³-hybridized carbons (Fsp3) is 0.385. The Morgan fingerprint density at radius 3 is 2.22 bits per heavy atom. The van der Waals surface area contributed by atoms with E-state index in [4.69, 9.17) is 9.84 Å². The molecule has 18 heavy (non-hydrogen) atoms. The van der Waals surface area contributed by atoms with E-state index in [2.05, 4.69) is 5.32 Å². The SMILES string of the molecule is COc1ccc([C@@H](C)[C@@H](NC(C)=O)C(=O)O)cc1. The van der Waals surface area contributed by atoms with Gasteiger partial charge in [0, 0.05) is 12.8 Å². The molecule has 0 radical (unpaired) electrons. The summed E-state index contributed by atoms with van der Waals surface area (Å²) in [5, 5.41) is 11.6. The number of carbonyl (C=O) groups excluding carboxylic acids is 1. The highest BCUT2D eigenvalue weighted by Gasteiger charge is 2.26. The highest BCUT2D eigenvalue weighted by atomic mass is 16.5. The molecule has 0 bridgehead atoms. The van der Waals surface area contributed by atoms with Crippen LogP contribution in [0.15, 0.2) is 24.3 Å². The van der Waals surface area contributed by atoms with E-state index in [9.17, 15) is 9.59 Å². The maximum atomic E-state index is 11.1. The topological polar surface area (TPSA) is 75.6 Å². The molecular weight excluding hydrogens is 234 g/mol. The number of aliphatic carboxylic acids is 1. The Balaban J connectivity index is 2.90. The summed E-state index contributed by atoms with van der Waals surface area (Å²) in [5.41, 5.74) is 0.831. The van der Waals surface area contributed by atoms with Gasteiger partial charge in [0.2, 0.25) is 5.91 Å². The summed E-state index contributed by atoms with van der Waals surface area (Å²) in [6.45, 7) is 3.06. The van der Waals surface area contributed by atoms with Gasteiger partial charge in [0.15, 0.2) is 0 Å². The van der Waals surface area contributed by atoms with Crippen LogP contribution in [0, 0.1) is 0 Å². The van der Waals surface area contributed by atoms with Crippen molar-refractivity contribution in [2.24, 2.45) is 0 Å². The minimum absolute atomic E-state index is 0.322. The van der Waals surface area contributed by atoms with Crippen LogP contribution in [0.3, 0.4) is 0 Å². The van der Waals surface area contributed by atoms with Gasteiger partial charge in [-0.1, -0.05) is 19.1 Å². The van der Waals surface area contributed by atoms with Crippen molar-refractivity contribution in [2.45, 2.75) is 25.8 Å². The first-order valence-electron chi connectivity index (χ1n) is 5.59. The lowest BCUT2D eigenvalue weighted by Crippen LogP contribution is -2.43. The van der Waals surface area contributed by atoms with Crippen molar-refractivity contribution in [1.29, 1.82) is 0 Å². The van der Waals surface area contributed by atoms with Crippen LogP contribution in [0.1, 0.15) is 25.3 Å². The van der Waals surface area contributed by atoms with Crippen LogP contribution in [0.5, 0.6) is 5.75 Å². The normalized spacial score (nSPS) is 13.5. The molecule has 0 aliphatic carbocycles. The largest absolute Gasteiger partial charge is 0.497 e. The summed E-state index contributed by atoms with van der Waals surface area (Å²) >= 11 is 0. The summed E-state index contributed by atoms with van der Waals surface area (Å²) in [4.78, 5) is 22.1. The molecule has 0 heterocycles. The molecule has 0 fully saturated rings. The average molecular weight is 251 g/mol. The molecule has 1 amide bonds. The molecule has 0 aliphatic rings. The standard InChI is InChI=1S/C13H17NO4/c1-8(12(13(16)17)14-9(2)15)10-4-6-11(18-3)7-5-10/h4-8,12H,1-3H3,(H,14,15)(H,16,17)/t8-,12-/m1/s1. The van der Waals surface area contributed by atoms with Crippen LogP contribution in [0.4, 0.5) is 0 Å². The molecule has 5 heteroatoms. The van der Waals surface area contributed by atoms with Crippen molar-refractivity contribution in [2.75, 3.05) is 7.11 Å². The van der Waals surface area contributed by atoms with Gasteiger partial charge in [0.05, 0.1) is 7.11 Å². The second kappa shape index (κ2) is 6.05. The van der Waals surface area contributed by atoms with E-state index in [-0.39, 0.29) is 11.8 Å². The van der Waals surface area contributed by atoms with Crippen molar-refractivity contribution >= 4 is 11.9 Å². The minimum atomic E-state index is -1.05. The molecule has 0 unspecified atom stereocenters. The van der Waals surface area contributed by atoms with Gasteiger partial charge in [0.25, 0.3) is 0 Å². The first kappa shape index (κ1) is 14.0. The molecule has 98 valence electrons. The van der Waals surface area contributed by atoms with Gasteiger partial charge >= 0.3 is 5.97 Å². The van der Waals surface area contributed by atoms with Gasteiger partial charge in [-0.25, -0.2) is 4.79 Å². The van der Waals surface area contributed by atoms with E-state index in [1.54, 1.807) is 38.3 Å². The van der Waals surface area contributed by atoms with Gasteiger partial charge in [0.1, 0.15) is 11.8 Å². The van der Waals surface area contributed by atoms with Crippen LogP contribution in [-0.4, -0.2) is 30.1 Å². The predicted octanol–water partition coefficient (Wildman–Crippen LogP) is 1.39. The number of methoxy groups -OCH3 is 1. The van der Waals surface area contributed by atoms with E-state index in [1.165, 1.54) is 6.92 Å². The summed E-state index contributed by atoms with van der Waals surface area (Å²) in [5.74, 6) is -1.02. The zero-order valence-electron chi connectivity index (χ0n) is 10.6. The van der Waals surface area contributed by atoms with Gasteiger partial charge in [-0.05, 0) is 17.7 Å². The molecule has 0 saturated carbocycles. The number of rotatable bonds is 5. The molecule has 0 aliphatic heterocycles. The van der Waals surface area contributed by atoms with E-state index < -0.39 is 12.0 Å². The van der Waals surface area contributed by atoms with E-state index in [0.717, 1.165) is 5.56 Å². The maximum Gasteiger partial charge on any atom is 0.326 e. The molecule has 0 spiro atoms. The number of benzene rings is 1. The maximum absolute atomic E-state index is 11.1. The first-order chi connectivity index (χ1) is 8.45. The zero-order valence-corrected chi connectivity index (χ0v) is 10.6. The molecule has 2 atom stereocenters. The number of ether oxygens (including phenoxy) is 1. The monoisotopic (exact) mass is 251 g/mol. The third-order valence-corrected chi connectivity index (χ3v) is 2.77. The van der Waals surface area contributed by atoms with Crippen molar-refractivity contribution in [3.63, 3.8) is 0 Å². The van der Waals surface area contributed by atoms with Crippen LogP contribution in [0.2, 0.25) is 0 Å². The molecule has 0 saturated heterocycles. The van der Waals surface area contributed by atoms with Crippen LogP contribution < -0.4 is 10.1 Å². The Morgan fingerprint density at radius 1 is 1.28 bits per heavy atom. The third kappa shape index (κ3) is 3.48. The van der Waals surface area contributed by atoms with Crippen LogP contribution in [0.25, 0.3) is 0 Å². The smallest absolute Gasteiger partial charge is 0.326 e. The van der Waals surface area contributed by atoms with E-state index >= 15 is 0 Å². The minimum Gasteiger partial charge on any atom is -0.497 e. The van der Waals surface area contributed by atoms with Gasteiger partial charge < -0.3 is 15.2 Å². The molecule has 1 rings (SSSR count). The Labute approximate surface area is 106 Å². The lowest BCUT2D eigenvalue weighted by atomic mass is 9.93. The van der Waals surface area contributed by atoms with Crippen molar-refractivity contribution in [1.82, 2.24) is 5.32 Å². The van der Waals surface area contributed by atoms with Crippen molar-refractivity contribution < 1.29 is 19.4 Å². The summed E-state index contributed by atoms with van der Waals surface area (Å²) < 4.78 is 5.04. The number of carboxylic acid groups (broad SMARTS) is 1. The Hall–Kier alpha value is -2.04. The highest BCUT2D eigenvalue weighted by Crippen LogP contribution is 2.22. The number of carbonyl (C=O) groups is 2. The summed E-state index contributed by atoms with van der Waals surface area (Å²) in [7, 11) is 1.57. The van der Waals surface area contributed by atoms with Gasteiger partial charge in [-0.3, -0.25) is 4.79 Å². The van der Waals surface area contributed by atoms with Crippen molar-refractivity contribution in [3.8, 4) is 5.75 Å². The number of hydrogen-bond donors (Lipinski definition) is 2. The number of nitrogens with one attached hydrogen (secondary N) is 1. The summed E-state index contributed by atoms with van der Waals surface area (Å²) in [6, 6.07) is 6.18. The predicted molar refractivity (Wildman–Crippen MR) is 66.6 cm³/mol. The number of carboxylic acids is 1. The van der Waals surface area contributed by atoms with Crippen LogP contribution in [-0.2, 0) is 9.59 Å². The molecule has 0 aromatic heterocycles. The molecule has 1 aromatic rings. The fourth-order valence-corrected chi connectivity index (χ4v) is 1.72. The average Bonchev–Trinajstić information content (AvgIpc) is 2.34. The van der Waals surface area contributed by atoms with Crippen LogP contribution >= 0.6 is 0 Å². The van der Waals surface area contributed by atoms with Crippen molar-refractivity contribution in [3.05, 3.63) is 29.8 Å². The first-order valence-corrected chi connectivity index (χ1v) is 5.59. The quantitative estimate of drug-likeness (QED) is 0.829. The lowest BCUT2D eigenvalue weighted by Gasteiger charge is -2.21. The molecule has 1 aromatic carbocycles. The van der Waals surface area contributed by atoms with Gasteiger partial charge in [-0.15, -0.1) is 0 Å².